The highest BCUT2D eigenvalue weighted by molar-refractivity contribution is 6.36. The summed E-state index contributed by atoms with van der Waals surface area (Å²) < 4.78 is 0. The molecule has 2 aromatic rings. The average Bonchev–Trinajstić information content (AvgIpc) is 2.30. The molecule has 0 saturated carbocycles. The molecular weight excluding hydrogens is 241 g/mol. The summed E-state index contributed by atoms with van der Waals surface area (Å²) >= 11 is 12.1. The lowest BCUT2D eigenvalue weighted by Crippen LogP contribution is -2.00. The molecule has 0 radical (unpaired) electrons. The number of anilines is 1. The maximum Gasteiger partial charge on any atom is 0.0470 e. The maximum atomic E-state index is 6.07. The van der Waals surface area contributed by atoms with Crippen molar-refractivity contribution in [3.05, 3.63) is 64.1 Å². The number of benzene rings is 2. The smallest absolute Gasteiger partial charge is 0.0470 e. The summed E-state index contributed by atoms with van der Waals surface area (Å²) in [6, 6.07) is 15.5. The van der Waals surface area contributed by atoms with E-state index in [1.807, 2.05) is 48.5 Å². The quantitative estimate of drug-likeness (QED) is 0.841. The molecule has 0 heterocycles. The van der Waals surface area contributed by atoms with E-state index in [1.54, 1.807) is 0 Å². The Balaban J connectivity index is 2.11. The van der Waals surface area contributed by atoms with Gasteiger partial charge in [0.2, 0.25) is 0 Å². The molecule has 0 aliphatic heterocycles. The highest BCUT2D eigenvalue weighted by Gasteiger charge is 2.04. The molecule has 16 heavy (non-hydrogen) atoms. The molecule has 2 aromatic carbocycles. The molecule has 1 N–H and O–H groups in total. The molecular formula is C13H11Cl2N. The van der Waals surface area contributed by atoms with Crippen LogP contribution in [0.1, 0.15) is 5.56 Å². The summed E-state index contributed by atoms with van der Waals surface area (Å²) in [5, 5.41) is 4.66. The number of nitrogens with one attached hydrogen (secondary N) is 1. The Bertz CT molecular complexity index is 448. The standard InChI is InChI=1S/C13H11Cl2N/c14-12-7-4-8-13(15)11(12)9-16-10-5-2-1-3-6-10/h1-8,16H,9H2. The van der Waals surface area contributed by atoms with Crippen LogP contribution in [0.25, 0.3) is 0 Å². The number of halogens is 2. The molecule has 3 heteroatoms. The molecule has 0 unspecified atom stereocenters. The Kier molecular flexibility index (Phi) is 3.70. The molecule has 0 saturated heterocycles. The van der Waals surface area contributed by atoms with Crippen LogP contribution < -0.4 is 5.32 Å². The van der Waals surface area contributed by atoms with Crippen molar-refractivity contribution in [1.29, 1.82) is 0 Å². The van der Waals surface area contributed by atoms with Crippen LogP contribution in [-0.2, 0) is 6.54 Å². The second kappa shape index (κ2) is 5.24. The van der Waals surface area contributed by atoms with Crippen LogP contribution in [0.3, 0.4) is 0 Å². The normalized spacial score (nSPS) is 10.1. The number of rotatable bonds is 3. The highest BCUT2D eigenvalue weighted by Crippen LogP contribution is 2.25. The van der Waals surface area contributed by atoms with E-state index in [0.717, 1.165) is 11.3 Å². The third kappa shape index (κ3) is 2.69. The molecule has 0 bridgehead atoms. The fourth-order valence-electron chi connectivity index (χ4n) is 1.45. The minimum absolute atomic E-state index is 0.628. The van der Waals surface area contributed by atoms with E-state index in [9.17, 15) is 0 Å². The zero-order chi connectivity index (χ0) is 11.4. The Hall–Kier alpha value is -1.18. The minimum Gasteiger partial charge on any atom is -0.381 e. The minimum atomic E-state index is 0.628. The van der Waals surface area contributed by atoms with Crippen molar-refractivity contribution in [2.24, 2.45) is 0 Å². The van der Waals surface area contributed by atoms with Crippen LogP contribution in [0, 0.1) is 0 Å². The van der Waals surface area contributed by atoms with E-state index in [2.05, 4.69) is 5.32 Å². The van der Waals surface area contributed by atoms with Gasteiger partial charge in [-0.05, 0) is 24.3 Å². The third-order valence-electron chi connectivity index (χ3n) is 2.30. The van der Waals surface area contributed by atoms with E-state index in [4.69, 9.17) is 23.2 Å². The van der Waals surface area contributed by atoms with E-state index < -0.39 is 0 Å². The first-order valence-electron chi connectivity index (χ1n) is 4.99. The van der Waals surface area contributed by atoms with Gasteiger partial charge < -0.3 is 5.32 Å². The summed E-state index contributed by atoms with van der Waals surface area (Å²) in [4.78, 5) is 0. The Labute approximate surface area is 105 Å². The molecule has 82 valence electrons. The molecule has 0 fully saturated rings. The van der Waals surface area contributed by atoms with Gasteiger partial charge in [-0.1, -0.05) is 47.5 Å². The zero-order valence-corrected chi connectivity index (χ0v) is 10.1. The van der Waals surface area contributed by atoms with Crippen molar-refractivity contribution >= 4 is 28.9 Å². The van der Waals surface area contributed by atoms with Crippen LogP contribution in [-0.4, -0.2) is 0 Å². The van der Waals surface area contributed by atoms with Gasteiger partial charge in [0, 0.05) is 27.8 Å². The first-order valence-corrected chi connectivity index (χ1v) is 5.75. The van der Waals surface area contributed by atoms with Gasteiger partial charge in [-0.25, -0.2) is 0 Å². The summed E-state index contributed by atoms with van der Waals surface area (Å²) in [5.41, 5.74) is 1.98. The van der Waals surface area contributed by atoms with Crippen molar-refractivity contribution in [2.75, 3.05) is 5.32 Å². The van der Waals surface area contributed by atoms with E-state index in [1.165, 1.54) is 0 Å². The fourth-order valence-corrected chi connectivity index (χ4v) is 1.98. The first-order chi connectivity index (χ1) is 7.77. The first kappa shape index (κ1) is 11.3. The predicted molar refractivity (Wildman–Crippen MR) is 70.2 cm³/mol. The van der Waals surface area contributed by atoms with Crippen LogP contribution in [0.15, 0.2) is 48.5 Å². The van der Waals surface area contributed by atoms with Gasteiger partial charge in [0.1, 0.15) is 0 Å². The molecule has 0 aliphatic rings. The molecule has 2 rings (SSSR count). The van der Waals surface area contributed by atoms with Crippen LogP contribution >= 0.6 is 23.2 Å². The van der Waals surface area contributed by atoms with Crippen molar-refractivity contribution in [3.8, 4) is 0 Å². The van der Waals surface area contributed by atoms with E-state index in [0.29, 0.717) is 16.6 Å². The SMILES string of the molecule is Clc1cccc(Cl)c1CNc1ccccc1. The lowest BCUT2D eigenvalue weighted by Gasteiger charge is -2.09. The monoisotopic (exact) mass is 251 g/mol. The van der Waals surface area contributed by atoms with Crippen molar-refractivity contribution in [2.45, 2.75) is 6.54 Å². The summed E-state index contributed by atoms with van der Waals surface area (Å²) in [6.07, 6.45) is 0. The maximum absolute atomic E-state index is 6.07. The van der Waals surface area contributed by atoms with Gasteiger partial charge in [0.25, 0.3) is 0 Å². The lowest BCUT2D eigenvalue weighted by molar-refractivity contribution is 1.15. The van der Waals surface area contributed by atoms with E-state index >= 15 is 0 Å². The predicted octanol–water partition coefficient (Wildman–Crippen LogP) is 4.61. The Morgan fingerprint density at radius 2 is 1.44 bits per heavy atom. The zero-order valence-electron chi connectivity index (χ0n) is 8.58. The van der Waals surface area contributed by atoms with Crippen LogP contribution in [0.5, 0.6) is 0 Å². The number of hydrogen-bond donors (Lipinski definition) is 1. The number of para-hydroxylation sites is 1. The van der Waals surface area contributed by atoms with Crippen molar-refractivity contribution < 1.29 is 0 Å². The molecule has 0 aliphatic carbocycles. The lowest BCUT2D eigenvalue weighted by atomic mass is 10.2. The van der Waals surface area contributed by atoms with Gasteiger partial charge in [-0.15, -0.1) is 0 Å². The second-order valence-corrected chi connectivity index (χ2v) is 4.23. The largest absolute Gasteiger partial charge is 0.381 e. The Morgan fingerprint density at radius 1 is 0.812 bits per heavy atom. The van der Waals surface area contributed by atoms with Gasteiger partial charge >= 0.3 is 0 Å². The molecule has 0 aromatic heterocycles. The van der Waals surface area contributed by atoms with Gasteiger partial charge in [0.05, 0.1) is 0 Å². The fraction of sp³-hybridized carbons (Fsp3) is 0.0769. The summed E-state index contributed by atoms with van der Waals surface area (Å²) in [7, 11) is 0. The second-order valence-electron chi connectivity index (χ2n) is 3.42. The third-order valence-corrected chi connectivity index (χ3v) is 3.01. The van der Waals surface area contributed by atoms with E-state index in [-0.39, 0.29) is 0 Å². The van der Waals surface area contributed by atoms with Crippen molar-refractivity contribution in [1.82, 2.24) is 0 Å². The van der Waals surface area contributed by atoms with Crippen molar-refractivity contribution in [3.63, 3.8) is 0 Å². The topological polar surface area (TPSA) is 12.0 Å². The summed E-state index contributed by atoms with van der Waals surface area (Å²) in [5.74, 6) is 0. The molecule has 0 atom stereocenters. The van der Waals surface area contributed by atoms with Crippen LogP contribution in [0.4, 0.5) is 5.69 Å². The van der Waals surface area contributed by atoms with Gasteiger partial charge in [-0.3, -0.25) is 0 Å². The average molecular weight is 252 g/mol. The molecule has 1 nitrogen and oxygen atoms in total. The molecule has 0 amide bonds. The number of hydrogen-bond acceptors (Lipinski definition) is 1. The Morgan fingerprint density at radius 3 is 2.06 bits per heavy atom. The highest BCUT2D eigenvalue weighted by atomic mass is 35.5. The molecule has 0 spiro atoms. The summed E-state index contributed by atoms with van der Waals surface area (Å²) in [6.45, 7) is 0.628. The van der Waals surface area contributed by atoms with Gasteiger partial charge in [0.15, 0.2) is 0 Å². The van der Waals surface area contributed by atoms with Gasteiger partial charge in [-0.2, -0.15) is 0 Å². The van der Waals surface area contributed by atoms with Crippen LogP contribution in [0.2, 0.25) is 10.0 Å².